The molecule has 1 amide bonds. The van der Waals surface area contributed by atoms with Gasteiger partial charge in [-0.15, -0.1) is 10.2 Å². The summed E-state index contributed by atoms with van der Waals surface area (Å²) in [6, 6.07) is 4.96. The molecule has 0 aliphatic carbocycles. The number of nitrogens with one attached hydrogen (secondary N) is 1. The molecule has 11 heteroatoms. The highest BCUT2D eigenvalue weighted by atomic mass is 32.2. The molecule has 0 saturated heterocycles. The minimum Gasteiger partial charge on any atom is -0.331 e. The van der Waals surface area contributed by atoms with Crippen molar-refractivity contribution in [1.29, 1.82) is 0 Å². The van der Waals surface area contributed by atoms with Crippen LogP contribution in [0.3, 0.4) is 0 Å². The molecule has 30 heavy (non-hydrogen) atoms. The Morgan fingerprint density at radius 1 is 1.20 bits per heavy atom. The Labute approximate surface area is 180 Å². The van der Waals surface area contributed by atoms with Crippen molar-refractivity contribution in [2.75, 3.05) is 18.4 Å². The lowest BCUT2D eigenvalue weighted by Crippen LogP contribution is -2.30. The van der Waals surface area contributed by atoms with Gasteiger partial charge in [-0.2, -0.15) is 4.31 Å². The number of imidazole rings is 1. The Kier molecular flexibility index (Phi) is 6.84. The van der Waals surface area contributed by atoms with E-state index < -0.39 is 10.0 Å². The number of carbonyl (C=O) groups excluding carboxylic acids is 1. The molecule has 0 aliphatic rings. The molecule has 0 atom stereocenters. The zero-order valence-corrected chi connectivity index (χ0v) is 19.2. The Bertz CT molecular complexity index is 1150. The zero-order chi connectivity index (χ0) is 21.9. The number of anilines is 1. The lowest BCUT2D eigenvalue weighted by molar-refractivity contribution is -0.116. The van der Waals surface area contributed by atoms with Gasteiger partial charge in [0.2, 0.25) is 21.1 Å². The number of amides is 1. The third-order valence-corrected chi connectivity index (χ3v) is 7.91. The molecule has 0 radical (unpaired) electrons. The highest BCUT2D eigenvalue weighted by molar-refractivity contribution is 7.89. The summed E-state index contributed by atoms with van der Waals surface area (Å²) >= 11 is 1.36. The molecule has 0 spiro atoms. The van der Waals surface area contributed by atoms with Gasteiger partial charge < -0.3 is 9.88 Å². The van der Waals surface area contributed by atoms with Crippen molar-refractivity contribution in [3.63, 3.8) is 0 Å². The molecule has 162 valence electrons. The first-order chi connectivity index (χ1) is 14.3. The maximum absolute atomic E-state index is 12.8. The third kappa shape index (κ3) is 4.52. The van der Waals surface area contributed by atoms with E-state index in [1.54, 1.807) is 18.2 Å². The van der Waals surface area contributed by atoms with E-state index in [0.717, 1.165) is 16.9 Å². The van der Waals surface area contributed by atoms with E-state index in [0.29, 0.717) is 36.0 Å². The van der Waals surface area contributed by atoms with Crippen molar-refractivity contribution < 1.29 is 13.2 Å². The summed E-state index contributed by atoms with van der Waals surface area (Å²) in [5, 5.41) is 12.1. The fourth-order valence-electron chi connectivity index (χ4n) is 3.18. The van der Waals surface area contributed by atoms with Crippen molar-refractivity contribution in [2.45, 2.75) is 44.9 Å². The molecule has 0 bridgehead atoms. The summed E-state index contributed by atoms with van der Waals surface area (Å²) < 4.78 is 28.8. The van der Waals surface area contributed by atoms with Crippen LogP contribution in [-0.4, -0.2) is 51.5 Å². The standard InChI is InChI=1S/C19H26N6O3S2/c1-5-18-22-23-19(29-18)21-17(26)11-10-16-20-14-12-13(8-9-15(14)24(16)4)30(27,28)25(6-2)7-3/h8-9,12H,5-7,10-11H2,1-4H3,(H,21,23,26). The number of aromatic nitrogens is 4. The minimum absolute atomic E-state index is 0.161. The molecule has 1 N–H and O–H groups in total. The predicted molar refractivity (Wildman–Crippen MR) is 117 cm³/mol. The van der Waals surface area contributed by atoms with E-state index >= 15 is 0 Å². The Balaban J connectivity index is 1.75. The van der Waals surface area contributed by atoms with Crippen molar-refractivity contribution in [2.24, 2.45) is 7.05 Å². The van der Waals surface area contributed by atoms with Crippen LogP contribution in [0.15, 0.2) is 23.1 Å². The highest BCUT2D eigenvalue weighted by Crippen LogP contribution is 2.23. The van der Waals surface area contributed by atoms with Crippen LogP contribution >= 0.6 is 11.3 Å². The first-order valence-electron chi connectivity index (χ1n) is 9.87. The van der Waals surface area contributed by atoms with Crippen molar-refractivity contribution in [1.82, 2.24) is 24.1 Å². The zero-order valence-electron chi connectivity index (χ0n) is 17.5. The number of aryl methyl sites for hydroxylation is 3. The summed E-state index contributed by atoms with van der Waals surface area (Å²) in [4.78, 5) is 17.0. The summed E-state index contributed by atoms with van der Waals surface area (Å²) in [5.74, 6) is 0.551. The average molecular weight is 451 g/mol. The molecular formula is C19H26N6O3S2. The number of hydrogen-bond donors (Lipinski definition) is 1. The smallest absolute Gasteiger partial charge is 0.243 e. The molecule has 2 aromatic heterocycles. The van der Waals surface area contributed by atoms with Gasteiger partial charge in [-0.1, -0.05) is 32.1 Å². The van der Waals surface area contributed by atoms with Crippen molar-refractivity contribution in [3.8, 4) is 0 Å². The van der Waals surface area contributed by atoms with Crippen LogP contribution in [0.5, 0.6) is 0 Å². The summed E-state index contributed by atoms with van der Waals surface area (Å²) in [6.45, 7) is 6.43. The Morgan fingerprint density at radius 2 is 1.93 bits per heavy atom. The van der Waals surface area contributed by atoms with Crippen LogP contribution in [0.25, 0.3) is 11.0 Å². The van der Waals surface area contributed by atoms with Crippen molar-refractivity contribution in [3.05, 3.63) is 29.0 Å². The van der Waals surface area contributed by atoms with E-state index in [2.05, 4.69) is 20.5 Å². The predicted octanol–water partition coefficient (Wildman–Crippen LogP) is 2.59. The van der Waals surface area contributed by atoms with Crippen molar-refractivity contribution >= 4 is 43.4 Å². The van der Waals surface area contributed by atoms with Crippen LogP contribution in [0.4, 0.5) is 5.13 Å². The SMILES string of the molecule is CCc1nnc(NC(=O)CCc2nc3cc(S(=O)(=O)N(CC)CC)ccc3n2C)s1. The van der Waals surface area contributed by atoms with E-state index in [1.165, 1.54) is 15.6 Å². The van der Waals surface area contributed by atoms with Gasteiger partial charge in [-0.05, 0) is 24.6 Å². The van der Waals surface area contributed by atoms with E-state index in [4.69, 9.17) is 0 Å². The molecule has 9 nitrogen and oxygen atoms in total. The highest BCUT2D eigenvalue weighted by Gasteiger charge is 2.22. The molecular weight excluding hydrogens is 424 g/mol. The molecule has 0 aliphatic heterocycles. The summed E-state index contributed by atoms with van der Waals surface area (Å²) in [7, 11) is -1.69. The van der Waals surface area contributed by atoms with Gasteiger partial charge in [0, 0.05) is 33.0 Å². The Hall–Kier alpha value is -2.37. The monoisotopic (exact) mass is 450 g/mol. The number of fused-ring (bicyclic) bond motifs is 1. The lowest BCUT2D eigenvalue weighted by Gasteiger charge is -2.18. The molecule has 1 aromatic carbocycles. The quantitative estimate of drug-likeness (QED) is 0.537. The third-order valence-electron chi connectivity index (χ3n) is 4.88. The molecule has 3 rings (SSSR count). The second-order valence-electron chi connectivity index (χ2n) is 6.73. The first kappa shape index (κ1) is 22.3. The second kappa shape index (κ2) is 9.19. The van der Waals surface area contributed by atoms with Gasteiger partial charge in [0.25, 0.3) is 0 Å². The van der Waals surface area contributed by atoms with Crippen LogP contribution in [0.2, 0.25) is 0 Å². The second-order valence-corrected chi connectivity index (χ2v) is 9.73. The van der Waals surface area contributed by atoms with Gasteiger partial charge >= 0.3 is 0 Å². The fraction of sp³-hybridized carbons (Fsp3) is 0.474. The van der Waals surface area contributed by atoms with E-state index in [1.807, 2.05) is 32.4 Å². The van der Waals surface area contributed by atoms with Crippen LogP contribution < -0.4 is 5.32 Å². The largest absolute Gasteiger partial charge is 0.331 e. The van der Waals surface area contributed by atoms with Crippen LogP contribution in [-0.2, 0) is 34.7 Å². The topological polar surface area (TPSA) is 110 Å². The van der Waals surface area contributed by atoms with Gasteiger partial charge in [-0.25, -0.2) is 13.4 Å². The number of hydrogen-bond acceptors (Lipinski definition) is 7. The first-order valence-corrected chi connectivity index (χ1v) is 12.1. The van der Waals surface area contributed by atoms with Crippen LogP contribution in [0.1, 0.15) is 38.0 Å². The number of rotatable bonds is 9. The summed E-state index contributed by atoms with van der Waals surface area (Å²) in [5.41, 5.74) is 1.42. The maximum Gasteiger partial charge on any atom is 0.243 e. The minimum atomic E-state index is -3.55. The molecule has 0 unspecified atom stereocenters. The van der Waals surface area contributed by atoms with Gasteiger partial charge in [0.1, 0.15) is 10.8 Å². The Morgan fingerprint density at radius 3 is 2.57 bits per heavy atom. The van der Waals surface area contributed by atoms with E-state index in [9.17, 15) is 13.2 Å². The number of carbonyl (C=O) groups is 1. The fourth-order valence-corrected chi connectivity index (χ4v) is 5.35. The van der Waals surface area contributed by atoms with Gasteiger partial charge in [0.05, 0.1) is 15.9 Å². The van der Waals surface area contributed by atoms with Crippen LogP contribution in [0, 0.1) is 0 Å². The normalized spacial score (nSPS) is 12.0. The molecule has 0 fully saturated rings. The molecule has 3 aromatic rings. The number of benzene rings is 1. The average Bonchev–Trinajstić information content (AvgIpc) is 3.30. The molecule has 2 heterocycles. The molecule has 0 saturated carbocycles. The van der Waals surface area contributed by atoms with E-state index in [-0.39, 0.29) is 17.2 Å². The van der Waals surface area contributed by atoms with Gasteiger partial charge in [-0.3, -0.25) is 4.79 Å². The summed E-state index contributed by atoms with van der Waals surface area (Å²) in [6.07, 6.45) is 1.44. The number of nitrogens with zero attached hydrogens (tertiary/aromatic N) is 5. The van der Waals surface area contributed by atoms with Gasteiger partial charge in [0.15, 0.2) is 0 Å². The maximum atomic E-state index is 12.8. The lowest BCUT2D eigenvalue weighted by atomic mass is 10.3. The number of sulfonamides is 1.